The first-order chi connectivity index (χ1) is 15.1. The lowest BCUT2D eigenvalue weighted by Gasteiger charge is -2.16. The second kappa shape index (κ2) is 9.57. The van der Waals surface area contributed by atoms with Crippen molar-refractivity contribution >= 4 is 34.7 Å². The van der Waals surface area contributed by atoms with Crippen molar-refractivity contribution in [3.8, 4) is 0 Å². The van der Waals surface area contributed by atoms with E-state index in [1.54, 1.807) is 23.1 Å². The maximum absolute atomic E-state index is 12.4. The first-order valence-corrected chi connectivity index (χ1v) is 11.1. The fraction of sp³-hybridized carbons (Fsp3) is 0.208. The Hall–Kier alpha value is -3.45. The molecule has 0 aliphatic carbocycles. The summed E-state index contributed by atoms with van der Waals surface area (Å²) in [5, 5.41) is 7.65. The van der Waals surface area contributed by atoms with Gasteiger partial charge in [-0.25, -0.2) is 0 Å². The molecule has 3 amide bonds. The molecule has 7 heteroatoms. The summed E-state index contributed by atoms with van der Waals surface area (Å²) in [5.41, 5.74) is 3.36. The summed E-state index contributed by atoms with van der Waals surface area (Å²) in [6, 6.07) is 18.5. The van der Waals surface area contributed by atoms with E-state index in [-0.39, 0.29) is 17.7 Å². The fourth-order valence-electron chi connectivity index (χ4n) is 3.45. The summed E-state index contributed by atoms with van der Waals surface area (Å²) in [6.07, 6.45) is 1.51. The molecule has 1 aliphatic heterocycles. The highest BCUT2D eigenvalue weighted by Gasteiger charge is 2.21. The minimum atomic E-state index is -0.159. The molecule has 2 heterocycles. The molecule has 4 rings (SSSR count). The number of hydrogen-bond acceptors (Lipinski definition) is 4. The molecule has 31 heavy (non-hydrogen) atoms. The lowest BCUT2D eigenvalue weighted by molar-refractivity contribution is -0.117. The van der Waals surface area contributed by atoms with Crippen molar-refractivity contribution in [3.05, 3.63) is 87.6 Å². The zero-order chi connectivity index (χ0) is 21.6. The van der Waals surface area contributed by atoms with Crippen LogP contribution in [0.15, 0.2) is 66.0 Å². The molecular weight excluding hydrogens is 410 g/mol. The Morgan fingerprint density at radius 1 is 0.871 bits per heavy atom. The number of nitrogens with zero attached hydrogens (tertiary/aromatic N) is 1. The highest BCUT2D eigenvalue weighted by molar-refractivity contribution is 7.12. The van der Waals surface area contributed by atoms with Gasteiger partial charge in [0.1, 0.15) is 0 Å². The maximum Gasteiger partial charge on any atom is 0.261 e. The summed E-state index contributed by atoms with van der Waals surface area (Å²) < 4.78 is 0. The van der Waals surface area contributed by atoms with Crippen molar-refractivity contribution in [1.29, 1.82) is 0 Å². The predicted octanol–water partition coefficient (Wildman–Crippen LogP) is 3.73. The summed E-state index contributed by atoms with van der Waals surface area (Å²) in [6.45, 7) is 1.58. The Morgan fingerprint density at radius 2 is 1.52 bits per heavy atom. The van der Waals surface area contributed by atoms with Crippen LogP contribution in [-0.4, -0.2) is 24.3 Å². The first-order valence-electron chi connectivity index (χ1n) is 10.2. The molecule has 2 N–H and O–H groups in total. The summed E-state index contributed by atoms with van der Waals surface area (Å²) >= 11 is 1.40. The molecule has 0 bridgehead atoms. The van der Waals surface area contributed by atoms with Crippen molar-refractivity contribution in [2.24, 2.45) is 0 Å². The number of hydrogen-bond donors (Lipinski definition) is 2. The molecule has 2 aromatic carbocycles. The van der Waals surface area contributed by atoms with Crippen molar-refractivity contribution in [2.75, 3.05) is 11.4 Å². The molecule has 0 saturated carbocycles. The average Bonchev–Trinajstić information content (AvgIpc) is 3.49. The Labute approximate surface area is 184 Å². The Bertz CT molecular complexity index is 1060. The van der Waals surface area contributed by atoms with Gasteiger partial charge in [0, 0.05) is 37.3 Å². The summed E-state index contributed by atoms with van der Waals surface area (Å²) in [7, 11) is 0. The van der Waals surface area contributed by atoms with Crippen LogP contribution in [0.3, 0.4) is 0 Å². The summed E-state index contributed by atoms with van der Waals surface area (Å²) in [5.74, 6) is -0.0968. The topological polar surface area (TPSA) is 78.5 Å². The zero-order valence-electron chi connectivity index (χ0n) is 17.0. The standard InChI is InChI=1S/C24H23N3O3S/c28-22-4-1-13-27(22)20-11-7-18(8-12-20)15-25-23(29)19-9-5-17(6-10-19)16-26-24(30)21-3-2-14-31-21/h2-3,5-12,14H,1,4,13,15-16H2,(H,25,29)(H,26,30). The molecule has 1 aromatic heterocycles. The van der Waals surface area contributed by atoms with Gasteiger partial charge in [0.2, 0.25) is 5.91 Å². The number of amides is 3. The summed E-state index contributed by atoms with van der Waals surface area (Å²) in [4.78, 5) is 38.7. The van der Waals surface area contributed by atoms with E-state index >= 15 is 0 Å². The highest BCUT2D eigenvalue weighted by Crippen LogP contribution is 2.21. The predicted molar refractivity (Wildman–Crippen MR) is 121 cm³/mol. The van der Waals surface area contributed by atoms with E-state index in [1.807, 2.05) is 47.8 Å². The van der Waals surface area contributed by atoms with Crippen molar-refractivity contribution in [1.82, 2.24) is 10.6 Å². The van der Waals surface area contributed by atoms with Gasteiger partial charge in [0.25, 0.3) is 11.8 Å². The first kappa shape index (κ1) is 20.8. The van der Waals surface area contributed by atoms with E-state index in [9.17, 15) is 14.4 Å². The van der Waals surface area contributed by atoms with Crippen LogP contribution in [0.25, 0.3) is 0 Å². The van der Waals surface area contributed by atoms with Crippen LogP contribution >= 0.6 is 11.3 Å². The minimum absolute atomic E-state index is 0.100. The SMILES string of the molecule is O=C(NCc1ccc(N2CCCC2=O)cc1)c1ccc(CNC(=O)c2cccs2)cc1. The third-order valence-electron chi connectivity index (χ3n) is 5.19. The fourth-order valence-corrected chi connectivity index (χ4v) is 4.09. The van der Waals surface area contributed by atoms with Crippen molar-refractivity contribution in [3.63, 3.8) is 0 Å². The number of rotatable bonds is 7. The largest absolute Gasteiger partial charge is 0.348 e. The molecular formula is C24H23N3O3S. The van der Waals surface area contributed by atoms with Crippen LogP contribution in [0.5, 0.6) is 0 Å². The van der Waals surface area contributed by atoms with Gasteiger partial charge < -0.3 is 15.5 Å². The molecule has 6 nitrogen and oxygen atoms in total. The number of carbonyl (C=O) groups excluding carboxylic acids is 3. The smallest absolute Gasteiger partial charge is 0.261 e. The number of benzene rings is 2. The Balaban J connectivity index is 1.26. The molecule has 0 unspecified atom stereocenters. The van der Waals surface area contributed by atoms with E-state index in [1.165, 1.54) is 11.3 Å². The van der Waals surface area contributed by atoms with Gasteiger partial charge in [0.05, 0.1) is 4.88 Å². The van der Waals surface area contributed by atoms with Crippen LogP contribution < -0.4 is 15.5 Å². The normalized spacial score (nSPS) is 13.3. The molecule has 0 spiro atoms. The number of carbonyl (C=O) groups is 3. The lowest BCUT2D eigenvalue weighted by atomic mass is 10.1. The van der Waals surface area contributed by atoms with Gasteiger partial charge in [-0.2, -0.15) is 0 Å². The number of anilines is 1. The van der Waals surface area contributed by atoms with Crippen molar-refractivity contribution < 1.29 is 14.4 Å². The van der Waals surface area contributed by atoms with E-state index in [0.29, 0.717) is 30.0 Å². The van der Waals surface area contributed by atoms with Crippen LogP contribution in [0.1, 0.15) is 44.0 Å². The highest BCUT2D eigenvalue weighted by atomic mass is 32.1. The molecule has 1 fully saturated rings. The van der Waals surface area contributed by atoms with E-state index < -0.39 is 0 Å². The van der Waals surface area contributed by atoms with E-state index in [0.717, 1.165) is 29.8 Å². The number of thiophene rings is 1. The van der Waals surface area contributed by atoms with Gasteiger partial charge in [0.15, 0.2) is 0 Å². The van der Waals surface area contributed by atoms with Gasteiger partial charge in [-0.1, -0.05) is 30.3 Å². The minimum Gasteiger partial charge on any atom is -0.348 e. The molecule has 0 radical (unpaired) electrons. The van der Waals surface area contributed by atoms with Crippen LogP contribution in [0, 0.1) is 0 Å². The third kappa shape index (κ3) is 5.19. The second-order valence-corrected chi connectivity index (χ2v) is 8.30. The average molecular weight is 434 g/mol. The molecule has 1 saturated heterocycles. The van der Waals surface area contributed by atoms with Crippen LogP contribution in [0.4, 0.5) is 5.69 Å². The van der Waals surface area contributed by atoms with E-state index in [2.05, 4.69) is 10.6 Å². The van der Waals surface area contributed by atoms with Gasteiger partial charge >= 0.3 is 0 Å². The molecule has 1 aliphatic rings. The van der Waals surface area contributed by atoms with Gasteiger partial charge in [-0.05, 0) is 53.3 Å². The van der Waals surface area contributed by atoms with Crippen molar-refractivity contribution in [2.45, 2.75) is 25.9 Å². The van der Waals surface area contributed by atoms with Crippen LogP contribution in [-0.2, 0) is 17.9 Å². The Morgan fingerprint density at radius 3 is 2.10 bits per heavy atom. The lowest BCUT2D eigenvalue weighted by Crippen LogP contribution is -2.24. The van der Waals surface area contributed by atoms with E-state index in [4.69, 9.17) is 0 Å². The quantitative estimate of drug-likeness (QED) is 0.596. The van der Waals surface area contributed by atoms with Gasteiger partial charge in [-0.3, -0.25) is 14.4 Å². The maximum atomic E-state index is 12.4. The number of nitrogens with one attached hydrogen (secondary N) is 2. The second-order valence-electron chi connectivity index (χ2n) is 7.35. The zero-order valence-corrected chi connectivity index (χ0v) is 17.8. The molecule has 0 atom stereocenters. The van der Waals surface area contributed by atoms with Gasteiger partial charge in [-0.15, -0.1) is 11.3 Å². The Kier molecular flexibility index (Phi) is 6.43. The molecule has 158 valence electrons. The monoisotopic (exact) mass is 433 g/mol. The van der Waals surface area contributed by atoms with Crippen LogP contribution in [0.2, 0.25) is 0 Å². The molecule has 3 aromatic rings. The third-order valence-corrected chi connectivity index (χ3v) is 6.06.